The lowest BCUT2D eigenvalue weighted by Crippen LogP contribution is -2.46. The summed E-state index contributed by atoms with van der Waals surface area (Å²) >= 11 is 2.00. The maximum Gasteiger partial charge on any atom is 0.126 e. The Bertz CT molecular complexity index is 426. The monoisotopic (exact) mass is 282 g/mol. The third kappa shape index (κ3) is 3.23. The Balaban J connectivity index is 1.65. The number of halogens is 1. The van der Waals surface area contributed by atoms with E-state index >= 15 is 0 Å². The minimum absolute atomic E-state index is 0.0154. The molecule has 4 heteroatoms. The maximum atomic E-state index is 13.2. The Morgan fingerprint density at radius 1 is 1.32 bits per heavy atom. The third-order valence-electron chi connectivity index (χ3n) is 3.95. The number of rotatable bonds is 2. The van der Waals surface area contributed by atoms with Crippen molar-refractivity contribution in [3.63, 3.8) is 0 Å². The van der Waals surface area contributed by atoms with Crippen LogP contribution in [0.3, 0.4) is 0 Å². The smallest absolute Gasteiger partial charge is 0.126 e. The molecule has 2 aliphatic rings. The number of hydrogen-bond acceptors (Lipinski definition) is 3. The van der Waals surface area contributed by atoms with Crippen molar-refractivity contribution in [3.8, 4) is 5.75 Å². The van der Waals surface area contributed by atoms with Gasteiger partial charge in [-0.25, -0.2) is 4.39 Å². The summed E-state index contributed by atoms with van der Waals surface area (Å²) in [6.07, 6.45) is 4.20. The van der Waals surface area contributed by atoms with Crippen molar-refractivity contribution in [1.29, 1.82) is 0 Å². The molecular weight excluding hydrogens is 263 g/mol. The Morgan fingerprint density at radius 3 is 2.95 bits per heavy atom. The first-order chi connectivity index (χ1) is 9.26. The summed E-state index contributed by atoms with van der Waals surface area (Å²) in [6.45, 7) is 0.755. The molecule has 104 valence electrons. The highest BCUT2D eigenvalue weighted by atomic mass is 32.2. The topological polar surface area (TPSA) is 18.5 Å². The van der Waals surface area contributed by atoms with Gasteiger partial charge in [-0.1, -0.05) is 6.07 Å². The van der Waals surface area contributed by atoms with Gasteiger partial charge in [-0.05, 0) is 36.5 Å². The fourth-order valence-electron chi connectivity index (χ4n) is 2.91. The van der Waals surface area contributed by atoms with E-state index in [0.29, 0.717) is 5.75 Å². The van der Waals surface area contributed by atoms with Crippen LogP contribution >= 0.6 is 11.8 Å². The lowest BCUT2D eigenvalue weighted by Gasteiger charge is -2.43. The standard InChI is InChI=1S/C15H19FO2S/c16-12-2-1-3-13(10-12)18-14-4-7-17-15(11-14)5-8-19-9-6-15/h1-3,10,14H,4-9,11H2. The summed E-state index contributed by atoms with van der Waals surface area (Å²) in [5.41, 5.74) is 0.0154. The van der Waals surface area contributed by atoms with Crippen molar-refractivity contribution in [3.05, 3.63) is 30.1 Å². The normalized spacial score (nSPS) is 26.3. The highest BCUT2D eigenvalue weighted by Gasteiger charge is 2.39. The lowest BCUT2D eigenvalue weighted by molar-refractivity contribution is -0.116. The van der Waals surface area contributed by atoms with Gasteiger partial charge in [0.25, 0.3) is 0 Å². The van der Waals surface area contributed by atoms with Crippen LogP contribution < -0.4 is 4.74 Å². The molecule has 0 radical (unpaired) electrons. The summed E-state index contributed by atoms with van der Waals surface area (Å²) in [7, 11) is 0. The average molecular weight is 282 g/mol. The van der Waals surface area contributed by atoms with Gasteiger partial charge in [0.05, 0.1) is 12.2 Å². The van der Waals surface area contributed by atoms with Gasteiger partial charge in [-0.2, -0.15) is 11.8 Å². The van der Waals surface area contributed by atoms with Crippen LogP contribution in [-0.2, 0) is 4.74 Å². The number of hydrogen-bond donors (Lipinski definition) is 0. The number of ether oxygens (including phenoxy) is 2. The Kier molecular flexibility index (Phi) is 3.99. The molecule has 1 atom stereocenters. The fourth-order valence-corrected chi connectivity index (χ4v) is 4.14. The molecule has 0 aliphatic carbocycles. The Morgan fingerprint density at radius 2 is 2.16 bits per heavy atom. The van der Waals surface area contributed by atoms with Crippen LogP contribution in [0.5, 0.6) is 5.75 Å². The Hall–Kier alpha value is -0.740. The zero-order valence-corrected chi connectivity index (χ0v) is 11.8. The molecule has 0 N–H and O–H groups in total. The number of thioether (sulfide) groups is 1. The van der Waals surface area contributed by atoms with Crippen molar-refractivity contribution in [1.82, 2.24) is 0 Å². The molecule has 2 aliphatic heterocycles. The third-order valence-corrected chi connectivity index (χ3v) is 4.94. The van der Waals surface area contributed by atoms with E-state index in [9.17, 15) is 4.39 Å². The quantitative estimate of drug-likeness (QED) is 0.825. The molecule has 3 rings (SSSR count). The molecule has 0 aromatic heterocycles. The van der Waals surface area contributed by atoms with Gasteiger partial charge < -0.3 is 9.47 Å². The molecule has 19 heavy (non-hydrogen) atoms. The van der Waals surface area contributed by atoms with Crippen LogP contribution in [0.15, 0.2) is 24.3 Å². The molecule has 1 aromatic carbocycles. The van der Waals surface area contributed by atoms with Gasteiger partial charge in [-0.15, -0.1) is 0 Å². The van der Waals surface area contributed by atoms with Crippen LogP contribution in [0.25, 0.3) is 0 Å². The van der Waals surface area contributed by atoms with Gasteiger partial charge in [-0.3, -0.25) is 0 Å². The van der Waals surface area contributed by atoms with Crippen LogP contribution in [-0.4, -0.2) is 29.8 Å². The van der Waals surface area contributed by atoms with E-state index in [1.165, 1.54) is 23.6 Å². The minimum atomic E-state index is -0.242. The van der Waals surface area contributed by atoms with Crippen LogP contribution in [0.1, 0.15) is 25.7 Å². The second kappa shape index (κ2) is 5.71. The second-order valence-corrected chi connectivity index (χ2v) is 6.56. The maximum absolute atomic E-state index is 13.2. The summed E-state index contributed by atoms with van der Waals surface area (Å²) in [4.78, 5) is 0. The molecule has 1 unspecified atom stereocenters. The van der Waals surface area contributed by atoms with Gasteiger partial charge in [0.1, 0.15) is 17.7 Å². The van der Waals surface area contributed by atoms with E-state index in [2.05, 4.69) is 0 Å². The van der Waals surface area contributed by atoms with Gasteiger partial charge in [0.15, 0.2) is 0 Å². The molecule has 0 amide bonds. The highest BCUT2D eigenvalue weighted by Crippen LogP contribution is 2.38. The van der Waals surface area contributed by atoms with E-state index < -0.39 is 0 Å². The molecule has 2 saturated heterocycles. The SMILES string of the molecule is Fc1cccc(OC2CCOC3(CCSCC3)C2)c1. The molecule has 1 aromatic rings. The van der Waals surface area contributed by atoms with Gasteiger partial charge in [0, 0.05) is 18.9 Å². The summed E-state index contributed by atoms with van der Waals surface area (Å²) in [5, 5.41) is 0. The molecule has 0 saturated carbocycles. The van der Waals surface area contributed by atoms with Gasteiger partial charge >= 0.3 is 0 Å². The zero-order valence-electron chi connectivity index (χ0n) is 10.9. The molecule has 2 nitrogen and oxygen atoms in total. The second-order valence-electron chi connectivity index (χ2n) is 5.33. The van der Waals surface area contributed by atoms with E-state index in [4.69, 9.17) is 9.47 Å². The van der Waals surface area contributed by atoms with Gasteiger partial charge in [0.2, 0.25) is 0 Å². The molecule has 1 spiro atoms. The molecule has 0 bridgehead atoms. The van der Waals surface area contributed by atoms with Crippen molar-refractivity contribution < 1.29 is 13.9 Å². The summed E-state index contributed by atoms with van der Waals surface area (Å²) < 4.78 is 25.1. The van der Waals surface area contributed by atoms with E-state index in [1.807, 2.05) is 17.8 Å². The first-order valence-corrected chi connectivity index (χ1v) is 8.05. The van der Waals surface area contributed by atoms with Crippen molar-refractivity contribution >= 4 is 11.8 Å². The predicted octanol–water partition coefficient (Wildman–Crippen LogP) is 3.65. The van der Waals surface area contributed by atoms with E-state index in [-0.39, 0.29) is 17.5 Å². The first kappa shape index (κ1) is 13.3. The van der Waals surface area contributed by atoms with E-state index in [0.717, 1.165) is 32.3 Å². The first-order valence-electron chi connectivity index (χ1n) is 6.90. The largest absolute Gasteiger partial charge is 0.490 e. The summed E-state index contributed by atoms with van der Waals surface area (Å²) in [6, 6.07) is 6.41. The molecule has 2 fully saturated rings. The fraction of sp³-hybridized carbons (Fsp3) is 0.600. The number of benzene rings is 1. The van der Waals surface area contributed by atoms with Crippen molar-refractivity contribution in [2.75, 3.05) is 18.1 Å². The zero-order chi connectivity index (χ0) is 13.1. The molecular formula is C15H19FO2S. The van der Waals surface area contributed by atoms with Crippen LogP contribution in [0.4, 0.5) is 4.39 Å². The van der Waals surface area contributed by atoms with Crippen molar-refractivity contribution in [2.24, 2.45) is 0 Å². The highest BCUT2D eigenvalue weighted by molar-refractivity contribution is 7.99. The van der Waals surface area contributed by atoms with Crippen LogP contribution in [0, 0.1) is 5.82 Å². The predicted molar refractivity (Wildman–Crippen MR) is 75.3 cm³/mol. The van der Waals surface area contributed by atoms with Crippen LogP contribution in [0.2, 0.25) is 0 Å². The van der Waals surface area contributed by atoms with Crippen molar-refractivity contribution in [2.45, 2.75) is 37.4 Å². The lowest BCUT2D eigenvalue weighted by atomic mass is 9.86. The molecule has 2 heterocycles. The summed E-state index contributed by atoms with van der Waals surface area (Å²) in [5.74, 6) is 2.74. The Labute approximate surface area is 117 Å². The average Bonchev–Trinajstić information content (AvgIpc) is 2.40. The minimum Gasteiger partial charge on any atom is -0.490 e. The van der Waals surface area contributed by atoms with E-state index in [1.54, 1.807) is 6.07 Å².